The Morgan fingerprint density at radius 3 is 2.64 bits per heavy atom. The highest BCUT2D eigenvalue weighted by Crippen LogP contribution is 2.24. The van der Waals surface area contributed by atoms with Gasteiger partial charge in [0.2, 0.25) is 0 Å². The number of phenolic OH excluding ortho intramolecular Hbond substituents is 1. The molecule has 2 N–H and O–H groups in total. The van der Waals surface area contributed by atoms with Crippen LogP contribution in [-0.2, 0) is 0 Å². The van der Waals surface area contributed by atoms with Crippen LogP contribution in [0, 0.1) is 11.3 Å². The second-order valence-electron chi connectivity index (χ2n) is 7.35. The molecule has 3 aromatic rings. The molecule has 0 radical (unpaired) electrons. The van der Waals surface area contributed by atoms with Gasteiger partial charge in [0.1, 0.15) is 12.3 Å². The summed E-state index contributed by atoms with van der Waals surface area (Å²) in [5.74, 6) is -0.782. The van der Waals surface area contributed by atoms with Gasteiger partial charge in [0, 0.05) is 23.2 Å². The van der Waals surface area contributed by atoms with Crippen LogP contribution >= 0.6 is 11.6 Å². The summed E-state index contributed by atoms with van der Waals surface area (Å²) in [5.41, 5.74) is 3.91. The van der Waals surface area contributed by atoms with Gasteiger partial charge < -0.3 is 10.0 Å². The van der Waals surface area contributed by atoms with Crippen LogP contribution < -0.4 is 5.43 Å². The number of hydrazone groups is 1. The number of halogens is 1. The van der Waals surface area contributed by atoms with Crippen LogP contribution in [0.2, 0.25) is 5.02 Å². The van der Waals surface area contributed by atoms with Crippen molar-refractivity contribution in [2.45, 2.75) is 19.8 Å². The second kappa shape index (κ2) is 11.1. The first-order chi connectivity index (χ1) is 16.0. The predicted octanol–water partition coefficient (Wildman–Crippen LogP) is 4.73. The molecule has 0 spiro atoms. The Balaban J connectivity index is 1.85. The molecule has 0 aliphatic heterocycles. The standard InChI is InChI=1S/C25H23ClN4O3/c1-2-3-13-30(14-12-27)25(33)21-10-8-18(19-6-4-5-7-20(19)21)16-28-29-24(32)17-9-11-23(31)22(26)15-17/h4-11,15-16,31H,2-3,13-14H2,1H3,(H,29,32)/b28-16+. The van der Waals surface area contributed by atoms with Gasteiger partial charge in [-0.2, -0.15) is 10.4 Å². The first-order valence-corrected chi connectivity index (χ1v) is 10.8. The van der Waals surface area contributed by atoms with Gasteiger partial charge in [-0.3, -0.25) is 9.59 Å². The van der Waals surface area contributed by atoms with Crippen molar-refractivity contribution in [3.05, 3.63) is 76.3 Å². The highest BCUT2D eigenvalue weighted by Gasteiger charge is 2.18. The maximum Gasteiger partial charge on any atom is 0.271 e. The van der Waals surface area contributed by atoms with Gasteiger partial charge in [0.05, 0.1) is 17.3 Å². The number of hydrogen-bond acceptors (Lipinski definition) is 5. The first-order valence-electron chi connectivity index (χ1n) is 10.5. The van der Waals surface area contributed by atoms with E-state index in [-0.39, 0.29) is 28.8 Å². The Hall–Kier alpha value is -3.89. The smallest absolute Gasteiger partial charge is 0.271 e. The molecule has 2 amide bonds. The molecule has 7 nitrogen and oxygen atoms in total. The Bertz CT molecular complexity index is 1250. The number of carbonyl (C=O) groups is 2. The first kappa shape index (κ1) is 23.8. The summed E-state index contributed by atoms with van der Waals surface area (Å²) in [6.45, 7) is 2.59. The lowest BCUT2D eigenvalue weighted by molar-refractivity contribution is 0.0775. The number of rotatable bonds is 8. The van der Waals surface area contributed by atoms with Crippen molar-refractivity contribution in [1.29, 1.82) is 5.26 Å². The third-order valence-electron chi connectivity index (χ3n) is 5.10. The molecule has 168 valence electrons. The summed E-state index contributed by atoms with van der Waals surface area (Å²) < 4.78 is 0. The van der Waals surface area contributed by atoms with Gasteiger partial charge >= 0.3 is 0 Å². The van der Waals surface area contributed by atoms with Crippen molar-refractivity contribution in [2.24, 2.45) is 5.10 Å². The summed E-state index contributed by atoms with van der Waals surface area (Å²) in [5, 5.41) is 24.2. The van der Waals surface area contributed by atoms with Crippen LogP contribution in [0.3, 0.4) is 0 Å². The fourth-order valence-electron chi connectivity index (χ4n) is 3.35. The van der Waals surface area contributed by atoms with Crippen LogP contribution in [0.4, 0.5) is 0 Å². The lowest BCUT2D eigenvalue weighted by Gasteiger charge is -2.20. The van der Waals surface area contributed by atoms with E-state index in [4.69, 9.17) is 16.9 Å². The third-order valence-corrected chi connectivity index (χ3v) is 5.40. The maximum atomic E-state index is 13.1. The number of carbonyl (C=O) groups excluding carboxylic acids is 2. The minimum Gasteiger partial charge on any atom is -0.506 e. The van der Waals surface area contributed by atoms with Crippen LogP contribution in [-0.4, -0.2) is 41.1 Å². The molecule has 0 bridgehead atoms. The molecule has 3 aromatic carbocycles. The molecule has 0 saturated heterocycles. The maximum absolute atomic E-state index is 13.1. The summed E-state index contributed by atoms with van der Waals surface area (Å²) in [7, 11) is 0. The lowest BCUT2D eigenvalue weighted by Crippen LogP contribution is -2.32. The number of aromatic hydroxyl groups is 1. The predicted molar refractivity (Wildman–Crippen MR) is 129 cm³/mol. The Morgan fingerprint density at radius 1 is 1.18 bits per heavy atom. The summed E-state index contributed by atoms with van der Waals surface area (Å²) >= 11 is 5.85. The zero-order chi connectivity index (χ0) is 23.8. The molecule has 0 atom stereocenters. The topological polar surface area (TPSA) is 106 Å². The van der Waals surface area contributed by atoms with Crippen molar-refractivity contribution in [3.63, 3.8) is 0 Å². The largest absolute Gasteiger partial charge is 0.506 e. The van der Waals surface area contributed by atoms with E-state index < -0.39 is 5.91 Å². The molecule has 0 aliphatic rings. The molecule has 0 saturated carbocycles. The van der Waals surface area contributed by atoms with Crippen molar-refractivity contribution >= 4 is 40.4 Å². The zero-order valence-electron chi connectivity index (χ0n) is 18.1. The van der Waals surface area contributed by atoms with Crippen molar-refractivity contribution in [2.75, 3.05) is 13.1 Å². The van der Waals surface area contributed by atoms with E-state index in [1.165, 1.54) is 24.4 Å². The van der Waals surface area contributed by atoms with Crippen LogP contribution in [0.15, 0.2) is 59.7 Å². The number of nitrogens with zero attached hydrogens (tertiary/aromatic N) is 3. The van der Waals surface area contributed by atoms with E-state index >= 15 is 0 Å². The van der Waals surface area contributed by atoms with E-state index in [1.54, 1.807) is 17.0 Å². The van der Waals surface area contributed by atoms with Crippen molar-refractivity contribution in [3.8, 4) is 11.8 Å². The molecular weight excluding hydrogens is 440 g/mol. The molecule has 3 rings (SSSR count). The van der Waals surface area contributed by atoms with E-state index in [0.717, 1.165) is 23.6 Å². The minimum atomic E-state index is -0.479. The number of amides is 2. The number of benzene rings is 3. The van der Waals surface area contributed by atoms with Gasteiger partial charge in [-0.1, -0.05) is 55.3 Å². The van der Waals surface area contributed by atoms with E-state index in [1.807, 2.05) is 31.2 Å². The summed E-state index contributed by atoms with van der Waals surface area (Å²) in [6, 6.07) is 17.1. The van der Waals surface area contributed by atoms with Gasteiger partial charge in [-0.25, -0.2) is 5.43 Å². The van der Waals surface area contributed by atoms with Gasteiger partial charge in [-0.15, -0.1) is 0 Å². The molecule has 0 aliphatic carbocycles. The Morgan fingerprint density at radius 2 is 1.94 bits per heavy atom. The average Bonchev–Trinajstić information content (AvgIpc) is 2.83. The number of hydrogen-bond donors (Lipinski definition) is 2. The number of unbranched alkanes of at least 4 members (excludes halogenated alkanes) is 1. The third kappa shape index (κ3) is 5.68. The molecular formula is C25H23ClN4O3. The molecule has 0 unspecified atom stereocenters. The van der Waals surface area contributed by atoms with E-state index in [0.29, 0.717) is 17.7 Å². The number of fused-ring (bicyclic) bond motifs is 1. The van der Waals surface area contributed by atoms with Gasteiger partial charge in [0.25, 0.3) is 11.8 Å². The van der Waals surface area contributed by atoms with Crippen molar-refractivity contribution in [1.82, 2.24) is 10.3 Å². The van der Waals surface area contributed by atoms with E-state index in [2.05, 4.69) is 16.6 Å². The van der Waals surface area contributed by atoms with Crippen molar-refractivity contribution < 1.29 is 14.7 Å². The van der Waals surface area contributed by atoms with Crippen LogP contribution in [0.1, 0.15) is 46.0 Å². The molecule has 8 heteroatoms. The average molecular weight is 463 g/mol. The fraction of sp³-hybridized carbons (Fsp3) is 0.200. The highest BCUT2D eigenvalue weighted by atomic mass is 35.5. The Labute approximate surface area is 196 Å². The zero-order valence-corrected chi connectivity index (χ0v) is 18.8. The summed E-state index contributed by atoms with van der Waals surface area (Å²) in [6.07, 6.45) is 3.25. The Kier molecular flexibility index (Phi) is 8.01. The number of phenols is 1. The fourth-order valence-corrected chi connectivity index (χ4v) is 3.53. The van der Waals surface area contributed by atoms with Gasteiger partial charge in [0.15, 0.2) is 0 Å². The molecule has 0 aromatic heterocycles. The highest BCUT2D eigenvalue weighted by molar-refractivity contribution is 6.32. The van der Waals surface area contributed by atoms with Crippen LogP contribution in [0.5, 0.6) is 5.75 Å². The monoisotopic (exact) mass is 462 g/mol. The van der Waals surface area contributed by atoms with E-state index in [9.17, 15) is 14.7 Å². The second-order valence-corrected chi connectivity index (χ2v) is 7.76. The minimum absolute atomic E-state index is 0.0314. The van der Waals surface area contributed by atoms with Gasteiger partial charge in [-0.05, 0) is 41.5 Å². The number of nitriles is 1. The SMILES string of the molecule is CCCCN(CC#N)C(=O)c1ccc(/C=N/NC(=O)c2ccc(O)c(Cl)c2)c2ccccc12. The number of nitrogens with one attached hydrogen (secondary N) is 1. The molecule has 0 fully saturated rings. The quantitative estimate of drug-likeness (QED) is 0.287. The summed E-state index contributed by atoms with van der Waals surface area (Å²) in [4.78, 5) is 27.0. The normalized spacial score (nSPS) is 10.8. The lowest BCUT2D eigenvalue weighted by atomic mass is 9.99. The molecule has 33 heavy (non-hydrogen) atoms. The van der Waals surface area contributed by atoms with Crippen LogP contribution in [0.25, 0.3) is 10.8 Å². The molecule has 0 heterocycles.